The molecule has 1 saturated heterocycles. The molecule has 2 aliphatic rings. The van der Waals surface area contributed by atoms with Crippen molar-refractivity contribution in [1.82, 2.24) is 0 Å². The van der Waals surface area contributed by atoms with E-state index in [-0.39, 0.29) is 6.10 Å². The third-order valence-electron chi connectivity index (χ3n) is 2.75. The minimum atomic E-state index is -0.0275. The standard InChI is InChI=1S/C9H14O2/c10-9(7-3-1-4-7)8-5-2-6-11-8/h7-8H,1-6H2/t8-/m0/s1. The van der Waals surface area contributed by atoms with Gasteiger partial charge in [-0.1, -0.05) is 6.42 Å². The Morgan fingerprint density at radius 1 is 1.18 bits per heavy atom. The third-order valence-corrected chi connectivity index (χ3v) is 2.75. The molecule has 0 unspecified atom stereocenters. The molecule has 62 valence electrons. The largest absolute Gasteiger partial charge is 0.370 e. The van der Waals surface area contributed by atoms with Crippen molar-refractivity contribution >= 4 is 5.78 Å². The van der Waals surface area contributed by atoms with Gasteiger partial charge in [0.05, 0.1) is 0 Å². The summed E-state index contributed by atoms with van der Waals surface area (Å²) in [5.74, 6) is 0.742. The fourth-order valence-corrected chi connectivity index (χ4v) is 1.76. The van der Waals surface area contributed by atoms with Crippen molar-refractivity contribution in [2.45, 2.75) is 38.2 Å². The Labute approximate surface area is 66.9 Å². The first kappa shape index (κ1) is 7.29. The summed E-state index contributed by atoms with van der Waals surface area (Å²) in [4.78, 5) is 11.5. The average molecular weight is 154 g/mol. The quantitative estimate of drug-likeness (QED) is 0.603. The van der Waals surface area contributed by atoms with Gasteiger partial charge in [-0.3, -0.25) is 4.79 Å². The lowest BCUT2D eigenvalue weighted by Crippen LogP contribution is -2.31. The molecule has 2 rings (SSSR count). The second-order valence-electron chi connectivity index (χ2n) is 3.53. The summed E-state index contributed by atoms with van der Waals surface area (Å²) in [6.07, 6.45) is 5.47. The summed E-state index contributed by atoms with van der Waals surface area (Å²) >= 11 is 0. The lowest BCUT2D eigenvalue weighted by molar-refractivity contribution is -0.134. The molecule has 2 nitrogen and oxygen atoms in total. The molecule has 0 bridgehead atoms. The number of ketones is 1. The second-order valence-corrected chi connectivity index (χ2v) is 3.53. The molecule has 11 heavy (non-hydrogen) atoms. The maximum atomic E-state index is 11.5. The topological polar surface area (TPSA) is 26.3 Å². The minimum Gasteiger partial charge on any atom is -0.370 e. The van der Waals surface area contributed by atoms with Crippen LogP contribution in [0.4, 0.5) is 0 Å². The van der Waals surface area contributed by atoms with E-state index in [1.165, 1.54) is 6.42 Å². The van der Waals surface area contributed by atoms with E-state index in [0.717, 1.165) is 32.3 Å². The highest BCUT2D eigenvalue weighted by atomic mass is 16.5. The predicted octanol–water partition coefficient (Wildman–Crippen LogP) is 1.53. The zero-order chi connectivity index (χ0) is 7.68. The first-order chi connectivity index (χ1) is 5.38. The summed E-state index contributed by atoms with van der Waals surface area (Å²) < 4.78 is 5.32. The van der Waals surface area contributed by atoms with Crippen molar-refractivity contribution in [2.24, 2.45) is 5.92 Å². The molecule has 0 aromatic rings. The molecule has 0 aromatic carbocycles. The molecule has 1 aliphatic carbocycles. The van der Waals surface area contributed by atoms with Crippen molar-refractivity contribution in [1.29, 1.82) is 0 Å². The van der Waals surface area contributed by atoms with Gasteiger partial charge in [-0.25, -0.2) is 0 Å². The van der Waals surface area contributed by atoms with Crippen LogP contribution in [-0.4, -0.2) is 18.5 Å². The highest BCUT2D eigenvalue weighted by Gasteiger charge is 2.33. The number of carbonyl (C=O) groups is 1. The van der Waals surface area contributed by atoms with Gasteiger partial charge in [-0.2, -0.15) is 0 Å². The van der Waals surface area contributed by atoms with Crippen LogP contribution in [0.5, 0.6) is 0 Å². The van der Waals surface area contributed by atoms with E-state index < -0.39 is 0 Å². The molecule has 1 heterocycles. The van der Waals surface area contributed by atoms with Crippen molar-refractivity contribution in [3.8, 4) is 0 Å². The van der Waals surface area contributed by atoms with Crippen LogP contribution in [0.3, 0.4) is 0 Å². The third kappa shape index (κ3) is 1.32. The van der Waals surface area contributed by atoms with Gasteiger partial charge in [0.25, 0.3) is 0 Å². The lowest BCUT2D eigenvalue weighted by atomic mass is 9.80. The highest BCUT2D eigenvalue weighted by molar-refractivity contribution is 5.86. The van der Waals surface area contributed by atoms with E-state index >= 15 is 0 Å². The normalized spacial score (nSPS) is 31.8. The van der Waals surface area contributed by atoms with Crippen LogP contribution >= 0.6 is 0 Å². The van der Waals surface area contributed by atoms with Crippen LogP contribution in [0, 0.1) is 5.92 Å². The maximum absolute atomic E-state index is 11.5. The van der Waals surface area contributed by atoms with Crippen molar-refractivity contribution in [3.05, 3.63) is 0 Å². The second kappa shape index (κ2) is 2.94. The number of rotatable bonds is 2. The van der Waals surface area contributed by atoms with E-state index in [0.29, 0.717) is 11.7 Å². The molecule has 0 radical (unpaired) electrons. The average Bonchev–Trinajstić information content (AvgIpc) is 2.32. The van der Waals surface area contributed by atoms with E-state index in [2.05, 4.69) is 0 Å². The fourth-order valence-electron chi connectivity index (χ4n) is 1.76. The van der Waals surface area contributed by atoms with Crippen LogP contribution < -0.4 is 0 Å². The summed E-state index contributed by atoms with van der Waals surface area (Å²) in [7, 11) is 0. The van der Waals surface area contributed by atoms with E-state index in [4.69, 9.17) is 4.74 Å². The predicted molar refractivity (Wildman–Crippen MR) is 41.3 cm³/mol. The number of carbonyl (C=O) groups excluding carboxylic acids is 1. The molecule has 1 atom stereocenters. The van der Waals surface area contributed by atoms with Gasteiger partial charge in [0.2, 0.25) is 0 Å². The Hall–Kier alpha value is -0.370. The van der Waals surface area contributed by atoms with Gasteiger partial charge < -0.3 is 4.74 Å². The van der Waals surface area contributed by atoms with Gasteiger partial charge in [0.15, 0.2) is 5.78 Å². The van der Waals surface area contributed by atoms with E-state index in [9.17, 15) is 4.79 Å². The molecule has 0 aromatic heterocycles. The van der Waals surface area contributed by atoms with Crippen molar-refractivity contribution in [2.75, 3.05) is 6.61 Å². The Balaban J connectivity index is 1.87. The monoisotopic (exact) mass is 154 g/mol. The van der Waals surface area contributed by atoms with E-state index in [1.807, 2.05) is 0 Å². The first-order valence-corrected chi connectivity index (χ1v) is 4.53. The highest BCUT2D eigenvalue weighted by Crippen LogP contribution is 2.30. The van der Waals surface area contributed by atoms with Gasteiger partial charge in [0.1, 0.15) is 6.10 Å². The molecule has 2 heteroatoms. The van der Waals surface area contributed by atoms with Crippen LogP contribution in [0.15, 0.2) is 0 Å². The van der Waals surface area contributed by atoms with E-state index in [1.54, 1.807) is 0 Å². The first-order valence-electron chi connectivity index (χ1n) is 4.53. The maximum Gasteiger partial charge on any atom is 0.164 e. The number of Topliss-reactive ketones (excluding diaryl/α,β-unsaturated/α-hetero) is 1. The van der Waals surface area contributed by atoms with Crippen LogP contribution in [0.2, 0.25) is 0 Å². The molecular formula is C9H14O2. The zero-order valence-corrected chi connectivity index (χ0v) is 6.71. The molecule has 1 saturated carbocycles. The van der Waals surface area contributed by atoms with Gasteiger partial charge in [0, 0.05) is 12.5 Å². The SMILES string of the molecule is O=C(C1CCC1)[C@@H]1CCCO1. The van der Waals surface area contributed by atoms with Crippen LogP contribution in [-0.2, 0) is 9.53 Å². The molecule has 0 spiro atoms. The molecular weight excluding hydrogens is 140 g/mol. The lowest BCUT2D eigenvalue weighted by Gasteiger charge is -2.25. The number of hydrogen-bond acceptors (Lipinski definition) is 2. The molecule has 1 aliphatic heterocycles. The van der Waals surface area contributed by atoms with Crippen molar-refractivity contribution in [3.63, 3.8) is 0 Å². The number of hydrogen-bond donors (Lipinski definition) is 0. The molecule has 2 fully saturated rings. The van der Waals surface area contributed by atoms with Crippen LogP contribution in [0.25, 0.3) is 0 Å². The molecule has 0 amide bonds. The Morgan fingerprint density at radius 2 is 2.00 bits per heavy atom. The van der Waals surface area contributed by atoms with Gasteiger partial charge in [-0.05, 0) is 25.7 Å². The smallest absolute Gasteiger partial charge is 0.164 e. The number of ether oxygens (including phenoxy) is 1. The van der Waals surface area contributed by atoms with Gasteiger partial charge in [-0.15, -0.1) is 0 Å². The minimum absolute atomic E-state index is 0.0275. The molecule has 0 N–H and O–H groups in total. The van der Waals surface area contributed by atoms with Crippen molar-refractivity contribution < 1.29 is 9.53 Å². The zero-order valence-electron chi connectivity index (χ0n) is 6.71. The Morgan fingerprint density at radius 3 is 2.45 bits per heavy atom. The summed E-state index contributed by atoms with van der Waals surface area (Å²) in [5.41, 5.74) is 0. The van der Waals surface area contributed by atoms with Crippen LogP contribution in [0.1, 0.15) is 32.1 Å². The summed E-state index contributed by atoms with van der Waals surface area (Å²) in [5, 5.41) is 0. The summed E-state index contributed by atoms with van der Waals surface area (Å²) in [6, 6.07) is 0. The Kier molecular flexibility index (Phi) is 1.95. The van der Waals surface area contributed by atoms with Gasteiger partial charge >= 0.3 is 0 Å². The summed E-state index contributed by atoms with van der Waals surface area (Å²) in [6.45, 7) is 0.795. The Bertz CT molecular complexity index is 155. The fraction of sp³-hybridized carbons (Fsp3) is 0.889.